The molecule has 2 unspecified atom stereocenters. The minimum absolute atomic E-state index is 0.191. The molecule has 2 nitrogen and oxygen atoms in total. The van der Waals surface area contributed by atoms with Crippen molar-refractivity contribution in [3.8, 4) is 0 Å². The molecule has 0 amide bonds. The number of hydrogen-bond acceptors (Lipinski definition) is 3. The summed E-state index contributed by atoms with van der Waals surface area (Å²) < 4.78 is 0. The van der Waals surface area contributed by atoms with Gasteiger partial charge in [-0.3, -0.25) is 0 Å². The minimum atomic E-state index is -0.191. The second kappa shape index (κ2) is 6.98. The van der Waals surface area contributed by atoms with Gasteiger partial charge < -0.3 is 10.0 Å². The van der Waals surface area contributed by atoms with Gasteiger partial charge in [0.15, 0.2) is 0 Å². The highest BCUT2D eigenvalue weighted by molar-refractivity contribution is 8.03. The Morgan fingerprint density at radius 1 is 1.39 bits per heavy atom. The molecule has 1 aromatic rings. The van der Waals surface area contributed by atoms with Crippen LogP contribution in [0.5, 0.6) is 0 Å². The third kappa shape index (κ3) is 4.16. The maximum atomic E-state index is 10.1. The molecule has 3 heteroatoms. The summed E-state index contributed by atoms with van der Waals surface area (Å²) in [7, 11) is 2.11. The third-order valence-corrected chi connectivity index (χ3v) is 4.45. The van der Waals surface area contributed by atoms with Crippen molar-refractivity contribution in [1.29, 1.82) is 0 Å². The van der Waals surface area contributed by atoms with Crippen LogP contribution in [0.25, 0.3) is 0 Å². The molecule has 1 heterocycles. The zero-order valence-corrected chi connectivity index (χ0v) is 11.6. The Morgan fingerprint density at radius 2 is 2.17 bits per heavy atom. The molecule has 0 aromatic heterocycles. The van der Waals surface area contributed by atoms with E-state index in [9.17, 15) is 5.11 Å². The molecule has 0 saturated carbocycles. The monoisotopic (exact) mass is 263 g/mol. The van der Waals surface area contributed by atoms with Crippen molar-refractivity contribution in [2.75, 3.05) is 13.6 Å². The van der Waals surface area contributed by atoms with E-state index < -0.39 is 0 Å². The lowest BCUT2D eigenvalue weighted by Gasteiger charge is -2.21. The van der Waals surface area contributed by atoms with E-state index >= 15 is 0 Å². The summed E-state index contributed by atoms with van der Waals surface area (Å²) in [4.78, 5) is 2.27. The van der Waals surface area contributed by atoms with E-state index in [-0.39, 0.29) is 6.10 Å². The molecule has 18 heavy (non-hydrogen) atoms. The summed E-state index contributed by atoms with van der Waals surface area (Å²) in [6.45, 7) is 1.89. The molecule has 1 N–H and O–H groups in total. The van der Waals surface area contributed by atoms with Crippen molar-refractivity contribution in [3.05, 3.63) is 47.4 Å². The Bertz CT molecular complexity index is 371. The van der Waals surface area contributed by atoms with E-state index in [0.717, 1.165) is 25.9 Å². The zero-order chi connectivity index (χ0) is 12.8. The lowest BCUT2D eigenvalue weighted by Crippen LogP contribution is -2.28. The van der Waals surface area contributed by atoms with Gasteiger partial charge in [0.1, 0.15) is 0 Å². The van der Waals surface area contributed by atoms with Gasteiger partial charge in [0, 0.05) is 18.3 Å². The van der Waals surface area contributed by atoms with Crippen LogP contribution in [0.3, 0.4) is 0 Å². The van der Waals surface area contributed by atoms with Crippen molar-refractivity contribution >= 4 is 11.8 Å². The lowest BCUT2D eigenvalue weighted by atomic mass is 10.1. The van der Waals surface area contributed by atoms with Crippen LogP contribution in [0.4, 0.5) is 0 Å². The van der Waals surface area contributed by atoms with Gasteiger partial charge >= 0.3 is 0 Å². The molecule has 98 valence electrons. The topological polar surface area (TPSA) is 23.5 Å². The van der Waals surface area contributed by atoms with Crippen LogP contribution in [0.2, 0.25) is 0 Å². The Kier molecular flexibility index (Phi) is 5.29. The Labute approximate surface area is 114 Å². The SMILES string of the molecule is CN(CCC(O)C1CC=CS1)Cc1ccccc1. The fourth-order valence-electron chi connectivity index (χ4n) is 2.16. The summed E-state index contributed by atoms with van der Waals surface area (Å²) >= 11 is 1.76. The predicted molar refractivity (Wildman–Crippen MR) is 78.5 cm³/mol. The lowest BCUT2D eigenvalue weighted by molar-refractivity contribution is 0.144. The van der Waals surface area contributed by atoms with Gasteiger partial charge in [-0.25, -0.2) is 0 Å². The van der Waals surface area contributed by atoms with Crippen LogP contribution in [-0.2, 0) is 6.54 Å². The maximum Gasteiger partial charge on any atom is 0.0677 e. The van der Waals surface area contributed by atoms with Crippen molar-refractivity contribution in [2.24, 2.45) is 0 Å². The molecule has 0 saturated heterocycles. The molecule has 0 aliphatic carbocycles. The first kappa shape index (κ1) is 13.7. The van der Waals surface area contributed by atoms with Crippen LogP contribution >= 0.6 is 11.8 Å². The van der Waals surface area contributed by atoms with E-state index in [1.54, 1.807) is 11.8 Å². The van der Waals surface area contributed by atoms with Gasteiger partial charge in [-0.05, 0) is 30.9 Å². The predicted octanol–water partition coefficient (Wildman–Crippen LogP) is 2.89. The molecule has 2 atom stereocenters. The molecule has 0 bridgehead atoms. The van der Waals surface area contributed by atoms with Crippen molar-refractivity contribution in [3.63, 3.8) is 0 Å². The molecule has 0 spiro atoms. The number of nitrogens with zero attached hydrogens (tertiary/aromatic N) is 1. The van der Waals surface area contributed by atoms with Gasteiger partial charge in [0.25, 0.3) is 0 Å². The van der Waals surface area contributed by atoms with E-state index in [2.05, 4.69) is 47.7 Å². The zero-order valence-electron chi connectivity index (χ0n) is 10.8. The van der Waals surface area contributed by atoms with Crippen LogP contribution in [0.15, 0.2) is 41.8 Å². The van der Waals surface area contributed by atoms with Gasteiger partial charge in [0.05, 0.1) is 6.10 Å². The van der Waals surface area contributed by atoms with Gasteiger partial charge in [-0.2, -0.15) is 0 Å². The highest BCUT2D eigenvalue weighted by Crippen LogP contribution is 2.28. The number of benzene rings is 1. The minimum Gasteiger partial charge on any atom is -0.392 e. The Hall–Kier alpha value is -0.770. The average Bonchev–Trinajstić information content (AvgIpc) is 2.91. The second-order valence-corrected chi connectivity index (χ2v) is 6.01. The normalized spacial score (nSPS) is 20.5. The van der Waals surface area contributed by atoms with E-state index in [4.69, 9.17) is 0 Å². The summed E-state index contributed by atoms with van der Waals surface area (Å²) in [6, 6.07) is 10.5. The van der Waals surface area contributed by atoms with Crippen LogP contribution in [0, 0.1) is 0 Å². The molecule has 1 aromatic carbocycles. The molecule has 0 radical (unpaired) electrons. The van der Waals surface area contributed by atoms with Crippen molar-refractivity contribution in [2.45, 2.75) is 30.7 Å². The van der Waals surface area contributed by atoms with Gasteiger partial charge in [-0.15, -0.1) is 11.8 Å². The number of aliphatic hydroxyl groups excluding tert-OH is 1. The number of allylic oxidation sites excluding steroid dienone is 1. The number of rotatable bonds is 6. The van der Waals surface area contributed by atoms with E-state index in [1.165, 1.54) is 5.56 Å². The first-order valence-electron chi connectivity index (χ1n) is 6.46. The number of aliphatic hydroxyl groups is 1. The highest BCUT2D eigenvalue weighted by Gasteiger charge is 2.20. The first-order valence-corrected chi connectivity index (χ1v) is 7.41. The average molecular weight is 263 g/mol. The fraction of sp³-hybridized carbons (Fsp3) is 0.467. The third-order valence-electron chi connectivity index (χ3n) is 3.25. The van der Waals surface area contributed by atoms with Gasteiger partial charge in [0.2, 0.25) is 0 Å². The number of thioether (sulfide) groups is 1. The quantitative estimate of drug-likeness (QED) is 0.853. The van der Waals surface area contributed by atoms with E-state index in [0.29, 0.717) is 5.25 Å². The summed E-state index contributed by atoms with van der Waals surface area (Å²) in [6.07, 6.45) is 3.81. The molecule has 1 aliphatic rings. The van der Waals surface area contributed by atoms with Crippen molar-refractivity contribution < 1.29 is 5.11 Å². The summed E-state index contributed by atoms with van der Waals surface area (Å²) in [5.41, 5.74) is 1.33. The van der Waals surface area contributed by atoms with Crippen LogP contribution in [-0.4, -0.2) is 35.0 Å². The largest absolute Gasteiger partial charge is 0.392 e. The molecule has 0 fully saturated rings. The maximum absolute atomic E-state index is 10.1. The molecular formula is C15H21NOS. The molecular weight excluding hydrogens is 242 g/mol. The molecule has 1 aliphatic heterocycles. The standard InChI is InChI=1S/C15H21NOS/c1-16(12-13-6-3-2-4-7-13)10-9-14(17)15-8-5-11-18-15/h2-7,11,14-15,17H,8-10,12H2,1H3. The smallest absolute Gasteiger partial charge is 0.0677 e. The molecule has 2 rings (SSSR count). The fourth-order valence-corrected chi connectivity index (χ4v) is 3.13. The van der Waals surface area contributed by atoms with Crippen LogP contribution < -0.4 is 0 Å². The van der Waals surface area contributed by atoms with Crippen molar-refractivity contribution in [1.82, 2.24) is 4.90 Å². The second-order valence-electron chi connectivity index (χ2n) is 4.86. The Morgan fingerprint density at radius 3 is 2.83 bits per heavy atom. The Balaban J connectivity index is 1.69. The highest BCUT2D eigenvalue weighted by atomic mass is 32.2. The number of hydrogen-bond donors (Lipinski definition) is 1. The summed E-state index contributed by atoms with van der Waals surface area (Å²) in [5, 5.41) is 12.5. The summed E-state index contributed by atoms with van der Waals surface area (Å²) in [5.74, 6) is 0. The van der Waals surface area contributed by atoms with Crippen LogP contribution in [0.1, 0.15) is 18.4 Å². The first-order chi connectivity index (χ1) is 8.75. The van der Waals surface area contributed by atoms with E-state index in [1.807, 2.05) is 6.07 Å². The van der Waals surface area contributed by atoms with Gasteiger partial charge in [-0.1, -0.05) is 36.4 Å².